The summed E-state index contributed by atoms with van der Waals surface area (Å²) in [7, 11) is 0. The smallest absolute Gasteiger partial charge is 0.266 e. The van der Waals surface area contributed by atoms with E-state index in [0.29, 0.717) is 67.8 Å². The Morgan fingerprint density at radius 2 is 2.00 bits per heavy atom. The first-order chi connectivity index (χ1) is 17.1. The lowest BCUT2D eigenvalue weighted by molar-refractivity contribution is -0.133. The van der Waals surface area contributed by atoms with Crippen molar-refractivity contribution in [2.75, 3.05) is 46.1 Å². The van der Waals surface area contributed by atoms with Gasteiger partial charge in [0, 0.05) is 48.7 Å². The molecule has 184 valence electrons. The van der Waals surface area contributed by atoms with Crippen molar-refractivity contribution in [3.63, 3.8) is 0 Å². The number of rotatable bonds is 10. The number of carbonyl (C=O) groups excluding carboxylic acids is 1. The molecule has 11 heteroatoms. The summed E-state index contributed by atoms with van der Waals surface area (Å²) >= 11 is 0. The summed E-state index contributed by atoms with van der Waals surface area (Å²) in [6.45, 7) is 2.74. The van der Waals surface area contributed by atoms with E-state index in [0.717, 1.165) is 0 Å². The number of hydrogen-bond acceptors (Lipinski definition) is 8. The third-order valence-corrected chi connectivity index (χ3v) is 5.76. The molecule has 2 aromatic carbocycles. The molecule has 0 aliphatic carbocycles. The summed E-state index contributed by atoms with van der Waals surface area (Å²) in [6, 6.07) is 14.4. The highest BCUT2D eigenvalue weighted by Gasteiger charge is 2.45. The summed E-state index contributed by atoms with van der Waals surface area (Å²) in [6.07, 6.45) is 0.750. The average Bonchev–Trinajstić information content (AvgIpc) is 3.32. The lowest BCUT2D eigenvalue weighted by atomic mass is 9.91. The number of benzene rings is 2. The second-order valence-corrected chi connectivity index (χ2v) is 8.22. The van der Waals surface area contributed by atoms with Crippen LogP contribution in [0.4, 0.5) is 5.69 Å². The fraction of sp³-hybridized carbons (Fsp3) is 0.417. The number of hydrogen-bond donors (Lipinski definition) is 2. The third kappa shape index (κ3) is 6.09. The van der Waals surface area contributed by atoms with Gasteiger partial charge >= 0.3 is 0 Å². The van der Waals surface area contributed by atoms with Crippen molar-refractivity contribution >= 4 is 17.5 Å². The molecule has 0 radical (unpaired) electrons. The molecule has 1 saturated heterocycles. The van der Waals surface area contributed by atoms with E-state index in [2.05, 4.69) is 15.5 Å². The predicted octanol–water partition coefficient (Wildman–Crippen LogP) is 2.51. The van der Waals surface area contributed by atoms with Crippen molar-refractivity contribution in [1.29, 1.82) is 0 Å². The molecule has 0 saturated carbocycles. The van der Waals surface area contributed by atoms with Crippen LogP contribution in [0.25, 0.3) is 10.4 Å². The van der Waals surface area contributed by atoms with Gasteiger partial charge in [0.2, 0.25) is 5.90 Å². The first-order valence-corrected chi connectivity index (χ1v) is 11.5. The molecular formula is C24H28N6O5. The maximum atomic E-state index is 13.6. The van der Waals surface area contributed by atoms with Crippen LogP contribution in [0.2, 0.25) is 0 Å². The monoisotopic (exact) mass is 480 g/mol. The Labute approximate surface area is 202 Å². The van der Waals surface area contributed by atoms with Gasteiger partial charge in [-0.3, -0.25) is 10.2 Å². The number of carbonyl (C=O) groups is 1. The van der Waals surface area contributed by atoms with Crippen LogP contribution in [0.5, 0.6) is 5.75 Å². The number of hydrazine groups is 1. The molecule has 1 amide bonds. The fourth-order valence-electron chi connectivity index (χ4n) is 3.87. The highest BCUT2D eigenvalue weighted by Crippen LogP contribution is 2.31. The number of nitrogens with one attached hydrogen (secondary N) is 1. The molecule has 2 heterocycles. The number of aliphatic hydroxyl groups excluding tert-OH is 1. The Bertz CT molecular complexity index is 1100. The summed E-state index contributed by atoms with van der Waals surface area (Å²) in [5, 5.41) is 14.5. The minimum absolute atomic E-state index is 0.0395. The van der Waals surface area contributed by atoms with Crippen molar-refractivity contribution in [3.05, 3.63) is 70.1 Å². The molecule has 2 N–H and O–H groups in total. The van der Waals surface area contributed by atoms with Crippen LogP contribution in [-0.4, -0.2) is 73.6 Å². The zero-order valence-electron chi connectivity index (χ0n) is 19.3. The summed E-state index contributed by atoms with van der Waals surface area (Å²) in [5.41, 5.74) is 12.5. The van der Waals surface area contributed by atoms with Gasteiger partial charge < -0.3 is 19.3 Å². The maximum absolute atomic E-state index is 13.6. The van der Waals surface area contributed by atoms with Crippen LogP contribution in [0.15, 0.2) is 58.6 Å². The highest BCUT2D eigenvalue weighted by molar-refractivity contribution is 6.00. The van der Waals surface area contributed by atoms with E-state index in [1.165, 1.54) is 0 Å². The van der Waals surface area contributed by atoms with Gasteiger partial charge in [-0.25, -0.2) is 10.0 Å². The van der Waals surface area contributed by atoms with Crippen molar-refractivity contribution in [3.8, 4) is 5.75 Å². The number of morpholine rings is 1. The molecule has 2 aliphatic heterocycles. The number of ether oxygens (including phenoxy) is 3. The molecule has 0 unspecified atom stereocenters. The molecule has 2 aliphatic rings. The topological polar surface area (TPSA) is 141 Å². The molecule has 35 heavy (non-hydrogen) atoms. The Hall–Kier alpha value is -3.63. The molecule has 1 atom stereocenters. The van der Waals surface area contributed by atoms with Crippen LogP contribution >= 0.6 is 0 Å². The maximum Gasteiger partial charge on any atom is 0.266 e. The van der Waals surface area contributed by atoms with Crippen molar-refractivity contribution in [2.45, 2.75) is 18.4 Å². The quantitative estimate of drug-likeness (QED) is 0.232. The largest absolute Gasteiger partial charge is 0.494 e. The summed E-state index contributed by atoms with van der Waals surface area (Å²) in [5.74, 6) is 0.722. The van der Waals surface area contributed by atoms with Gasteiger partial charge in [0.15, 0.2) is 5.54 Å². The second-order valence-electron chi connectivity index (χ2n) is 8.22. The first-order valence-electron chi connectivity index (χ1n) is 11.5. The van der Waals surface area contributed by atoms with Crippen molar-refractivity contribution in [2.24, 2.45) is 10.1 Å². The van der Waals surface area contributed by atoms with E-state index in [4.69, 9.17) is 29.8 Å². The number of aliphatic imine (C=N–C) groups is 1. The van der Waals surface area contributed by atoms with Gasteiger partial charge in [-0.15, -0.1) is 0 Å². The Balaban J connectivity index is 1.60. The number of amides is 1. The van der Waals surface area contributed by atoms with Gasteiger partial charge in [0.25, 0.3) is 5.91 Å². The highest BCUT2D eigenvalue weighted by atomic mass is 16.5. The normalized spacial score (nSPS) is 19.9. The molecular weight excluding hydrogens is 452 g/mol. The third-order valence-electron chi connectivity index (χ3n) is 5.76. The first kappa shape index (κ1) is 24.5. The molecule has 1 fully saturated rings. The molecule has 0 bridgehead atoms. The Kier molecular flexibility index (Phi) is 8.17. The van der Waals surface area contributed by atoms with E-state index in [-0.39, 0.29) is 25.5 Å². The average molecular weight is 481 g/mol. The van der Waals surface area contributed by atoms with Gasteiger partial charge in [-0.05, 0) is 35.4 Å². The van der Waals surface area contributed by atoms with E-state index >= 15 is 0 Å². The van der Waals surface area contributed by atoms with Crippen LogP contribution in [0.1, 0.15) is 17.5 Å². The van der Waals surface area contributed by atoms with Crippen LogP contribution in [0.3, 0.4) is 0 Å². The number of aliphatic hydroxyl groups is 1. The van der Waals surface area contributed by atoms with E-state index in [9.17, 15) is 4.79 Å². The van der Waals surface area contributed by atoms with Crippen molar-refractivity contribution in [1.82, 2.24) is 10.4 Å². The Morgan fingerprint density at radius 3 is 2.74 bits per heavy atom. The van der Waals surface area contributed by atoms with E-state index in [1.807, 2.05) is 29.3 Å². The predicted molar refractivity (Wildman–Crippen MR) is 128 cm³/mol. The minimum Gasteiger partial charge on any atom is -0.494 e. The molecule has 0 aromatic heterocycles. The Morgan fingerprint density at radius 1 is 1.23 bits per heavy atom. The summed E-state index contributed by atoms with van der Waals surface area (Å²) < 4.78 is 16.9. The van der Waals surface area contributed by atoms with Gasteiger partial charge in [-0.1, -0.05) is 29.4 Å². The SMILES string of the molecule is [N-]=[N+]=Nc1ccccc1C[C@@]1(C(=O)NN2CCOCC2)COC(c2ccc(OCCCO)cc2)=N1. The van der Waals surface area contributed by atoms with E-state index in [1.54, 1.807) is 24.3 Å². The summed E-state index contributed by atoms with van der Waals surface area (Å²) in [4.78, 5) is 21.2. The lowest BCUT2D eigenvalue weighted by Crippen LogP contribution is -2.56. The number of azide groups is 1. The molecule has 2 aromatic rings. The van der Waals surface area contributed by atoms with Gasteiger partial charge in [0.05, 0.1) is 19.8 Å². The van der Waals surface area contributed by atoms with E-state index < -0.39 is 5.54 Å². The molecule has 0 spiro atoms. The van der Waals surface area contributed by atoms with Crippen LogP contribution < -0.4 is 10.2 Å². The molecule has 4 rings (SSSR count). The fourth-order valence-corrected chi connectivity index (χ4v) is 3.87. The lowest BCUT2D eigenvalue weighted by Gasteiger charge is -2.31. The van der Waals surface area contributed by atoms with Gasteiger partial charge in [-0.2, -0.15) is 0 Å². The molecule has 11 nitrogen and oxygen atoms in total. The minimum atomic E-state index is -1.25. The zero-order chi connectivity index (χ0) is 24.5. The second kappa shape index (κ2) is 11.7. The standard InChI is InChI=1S/C24H28N6O5/c25-29-27-21-5-2-1-4-19(21)16-24(23(32)28-30-10-14-33-15-11-30)17-35-22(26-24)18-6-8-20(9-7-18)34-13-3-12-31/h1-2,4-9,31H,3,10-17H2,(H,28,32)/t24-/m0/s1. The van der Waals surface area contributed by atoms with Crippen molar-refractivity contribution < 1.29 is 24.1 Å². The number of nitrogens with zero attached hydrogens (tertiary/aromatic N) is 5. The van der Waals surface area contributed by atoms with Gasteiger partial charge in [0.1, 0.15) is 12.4 Å². The zero-order valence-corrected chi connectivity index (χ0v) is 19.3. The van der Waals surface area contributed by atoms with Crippen LogP contribution in [0, 0.1) is 0 Å². The van der Waals surface area contributed by atoms with Crippen LogP contribution in [-0.2, 0) is 20.7 Å².